The number of amides is 2. The molecule has 4 rings (SSSR count). The Bertz CT molecular complexity index is 829. The Balaban J connectivity index is 1.74. The second-order valence-corrected chi connectivity index (χ2v) is 9.36. The van der Waals surface area contributed by atoms with Gasteiger partial charge in [0, 0.05) is 16.6 Å². The lowest BCUT2D eigenvalue weighted by Gasteiger charge is -2.38. The fraction of sp³-hybridized carbons (Fsp3) is 0.526. The second-order valence-electron chi connectivity index (χ2n) is 8.45. The van der Waals surface area contributed by atoms with E-state index >= 15 is 0 Å². The van der Waals surface area contributed by atoms with Crippen molar-refractivity contribution in [3.63, 3.8) is 0 Å². The molecule has 1 aromatic carbocycles. The van der Waals surface area contributed by atoms with Gasteiger partial charge in [0.25, 0.3) is 0 Å². The normalized spacial score (nSPS) is 31.5. The summed E-state index contributed by atoms with van der Waals surface area (Å²) in [6.07, 6.45) is 0. The molecular formula is C19H23BrN4O2. The van der Waals surface area contributed by atoms with Gasteiger partial charge in [-0.3, -0.25) is 14.5 Å². The van der Waals surface area contributed by atoms with Gasteiger partial charge in [0.2, 0.25) is 11.8 Å². The molecule has 3 heterocycles. The summed E-state index contributed by atoms with van der Waals surface area (Å²) in [6, 6.07) is 7.88. The van der Waals surface area contributed by atoms with E-state index in [1.807, 2.05) is 64.0 Å². The number of hydrogen-bond acceptors (Lipinski definition) is 5. The molecular weight excluding hydrogens is 396 g/mol. The molecule has 26 heavy (non-hydrogen) atoms. The number of carbonyl (C=O) groups is 2. The minimum atomic E-state index is -0.579. The summed E-state index contributed by atoms with van der Waals surface area (Å²) in [5.74, 6) is -0.857. The number of likely N-dealkylation sites (tertiary alicyclic amines) is 1. The van der Waals surface area contributed by atoms with Crippen molar-refractivity contribution in [3.05, 3.63) is 28.7 Å². The lowest BCUT2D eigenvalue weighted by atomic mass is 9.80. The zero-order valence-electron chi connectivity index (χ0n) is 15.7. The SMILES string of the molecule is CC1=NN(c2ccc(Br)cc2)N2C[C@H]3C(=O)N(C(C)(C)C)C(=O)[C@H]3[C@]12C. The van der Waals surface area contributed by atoms with Gasteiger partial charge in [-0.25, -0.2) is 0 Å². The van der Waals surface area contributed by atoms with Crippen LogP contribution >= 0.6 is 15.9 Å². The number of hydrazine groups is 1. The van der Waals surface area contributed by atoms with E-state index in [0.717, 1.165) is 15.9 Å². The molecule has 0 spiro atoms. The van der Waals surface area contributed by atoms with Gasteiger partial charge in [-0.2, -0.15) is 15.2 Å². The molecule has 2 saturated heterocycles. The Morgan fingerprint density at radius 1 is 1.15 bits per heavy atom. The highest BCUT2D eigenvalue weighted by atomic mass is 79.9. The van der Waals surface area contributed by atoms with Crippen molar-refractivity contribution >= 4 is 39.1 Å². The van der Waals surface area contributed by atoms with Crippen molar-refractivity contribution < 1.29 is 9.59 Å². The highest BCUT2D eigenvalue weighted by Gasteiger charge is 2.68. The molecule has 7 heteroatoms. The highest BCUT2D eigenvalue weighted by molar-refractivity contribution is 9.10. The summed E-state index contributed by atoms with van der Waals surface area (Å²) < 4.78 is 0.994. The Morgan fingerprint density at radius 2 is 1.77 bits per heavy atom. The van der Waals surface area contributed by atoms with Crippen LogP contribution in [0.25, 0.3) is 0 Å². The maximum absolute atomic E-state index is 13.2. The molecule has 0 saturated carbocycles. The standard InChI is InChI=1S/C19H23BrN4O2/c1-11-19(5)15-14(16(25)23(17(15)26)18(2,3)4)10-22(19)24(21-11)13-8-6-12(20)7-9-13/h6-9,14-15H,10H2,1-5H3/t14-,15+,19+/m1/s1. The first-order chi connectivity index (χ1) is 12.1. The molecule has 3 atom stereocenters. The average molecular weight is 419 g/mol. The first-order valence-electron chi connectivity index (χ1n) is 8.83. The van der Waals surface area contributed by atoms with E-state index in [4.69, 9.17) is 5.10 Å². The molecule has 3 aliphatic rings. The van der Waals surface area contributed by atoms with Crippen LogP contribution < -0.4 is 5.12 Å². The van der Waals surface area contributed by atoms with Crippen molar-refractivity contribution in [1.82, 2.24) is 9.91 Å². The fourth-order valence-corrected chi connectivity index (χ4v) is 4.76. The molecule has 0 radical (unpaired) electrons. The van der Waals surface area contributed by atoms with Crippen LogP contribution in [0.3, 0.4) is 0 Å². The van der Waals surface area contributed by atoms with Gasteiger partial charge >= 0.3 is 0 Å². The van der Waals surface area contributed by atoms with Crippen LogP contribution in [-0.4, -0.2) is 45.1 Å². The smallest absolute Gasteiger partial charge is 0.235 e. The summed E-state index contributed by atoms with van der Waals surface area (Å²) in [4.78, 5) is 27.7. The van der Waals surface area contributed by atoms with Crippen LogP contribution in [0.1, 0.15) is 34.6 Å². The van der Waals surface area contributed by atoms with Gasteiger partial charge in [0.1, 0.15) is 0 Å². The molecule has 0 N–H and O–H groups in total. The highest BCUT2D eigenvalue weighted by Crippen LogP contribution is 2.51. The van der Waals surface area contributed by atoms with E-state index in [9.17, 15) is 9.59 Å². The van der Waals surface area contributed by atoms with Crippen LogP contribution in [0.2, 0.25) is 0 Å². The predicted molar refractivity (Wildman–Crippen MR) is 103 cm³/mol. The van der Waals surface area contributed by atoms with Gasteiger partial charge in [-0.05, 0) is 58.9 Å². The third-order valence-corrected chi connectivity index (χ3v) is 6.40. The van der Waals surface area contributed by atoms with E-state index < -0.39 is 17.0 Å². The van der Waals surface area contributed by atoms with Crippen LogP contribution in [-0.2, 0) is 9.59 Å². The summed E-state index contributed by atoms with van der Waals surface area (Å²) in [5, 5.41) is 8.66. The average Bonchev–Trinajstić information content (AvgIpc) is 3.08. The van der Waals surface area contributed by atoms with Crippen LogP contribution in [0.4, 0.5) is 5.69 Å². The molecule has 6 nitrogen and oxygen atoms in total. The Morgan fingerprint density at radius 3 is 2.35 bits per heavy atom. The van der Waals surface area contributed by atoms with Crippen molar-refractivity contribution in [2.24, 2.45) is 16.9 Å². The predicted octanol–water partition coefficient (Wildman–Crippen LogP) is 3.03. The van der Waals surface area contributed by atoms with Crippen molar-refractivity contribution in [2.45, 2.75) is 45.7 Å². The zero-order chi connectivity index (χ0) is 19.0. The number of benzene rings is 1. The number of carbonyl (C=O) groups excluding carboxylic acids is 2. The fourth-order valence-electron chi connectivity index (χ4n) is 4.50. The second kappa shape index (κ2) is 5.39. The van der Waals surface area contributed by atoms with Crippen molar-refractivity contribution in [3.8, 4) is 0 Å². The quantitative estimate of drug-likeness (QED) is 0.657. The van der Waals surface area contributed by atoms with Crippen molar-refractivity contribution in [1.29, 1.82) is 0 Å². The minimum absolute atomic E-state index is 0.0633. The van der Waals surface area contributed by atoms with Gasteiger partial charge in [0.05, 0.1) is 28.8 Å². The molecule has 1 aromatic rings. The van der Waals surface area contributed by atoms with E-state index in [2.05, 4.69) is 20.9 Å². The van der Waals surface area contributed by atoms with E-state index in [1.54, 1.807) is 0 Å². The lowest BCUT2D eigenvalue weighted by Crippen LogP contribution is -2.56. The van der Waals surface area contributed by atoms with Crippen molar-refractivity contribution in [2.75, 3.05) is 11.7 Å². The molecule has 0 aromatic heterocycles. The maximum Gasteiger partial charge on any atom is 0.235 e. The summed E-state index contributed by atoms with van der Waals surface area (Å²) >= 11 is 3.45. The number of hydrazone groups is 1. The summed E-state index contributed by atoms with van der Waals surface area (Å²) in [6.45, 7) is 10.2. The molecule has 0 unspecified atom stereocenters. The third kappa shape index (κ3) is 2.16. The monoisotopic (exact) mass is 418 g/mol. The lowest BCUT2D eigenvalue weighted by molar-refractivity contribution is -0.146. The van der Waals surface area contributed by atoms with Crippen LogP contribution in [0.5, 0.6) is 0 Å². The number of nitrogens with zero attached hydrogens (tertiary/aromatic N) is 4. The Hall–Kier alpha value is -1.73. The van der Waals surface area contributed by atoms with Gasteiger partial charge in [0.15, 0.2) is 0 Å². The third-order valence-electron chi connectivity index (χ3n) is 5.87. The number of halogens is 1. The Labute approximate surface area is 161 Å². The van der Waals surface area contributed by atoms with Crippen LogP contribution in [0, 0.1) is 11.8 Å². The number of hydrogen-bond donors (Lipinski definition) is 0. The molecule has 3 aliphatic heterocycles. The molecule has 2 fully saturated rings. The number of imide groups is 1. The van der Waals surface area contributed by atoms with Gasteiger partial charge in [-0.1, -0.05) is 15.9 Å². The summed E-state index contributed by atoms with van der Waals surface area (Å²) in [5.41, 5.74) is 0.702. The van der Waals surface area contributed by atoms with E-state index in [-0.39, 0.29) is 17.7 Å². The van der Waals surface area contributed by atoms with Gasteiger partial charge < -0.3 is 0 Å². The maximum atomic E-state index is 13.2. The summed E-state index contributed by atoms with van der Waals surface area (Å²) in [7, 11) is 0. The van der Waals surface area contributed by atoms with E-state index in [1.165, 1.54) is 4.90 Å². The molecule has 2 amide bonds. The number of fused-ring (bicyclic) bond motifs is 3. The Kier molecular flexibility index (Phi) is 3.66. The molecule has 0 bridgehead atoms. The largest absolute Gasteiger partial charge is 0.277 e. The van der Waals surface area contributed by atoms with Gasteiger partial charge in [-0.15, -0.1) is 0 Å². The first-order valence-corrected chi connectivity index (χ1v) is 9.63. The number of rotatable bonds is 1. The topological polar surface area (TPSA) is 56.2 Å². The van der Waals surface area contributed by atoms with Crippen LogP contribution in [0.15, 0.2) is 33.8 Å². The molecule has 0 aliphatic carbocycles. The van der Waals surface area contributed by atoms with E-state index in [0.29, 0.717) is 6.54 Å². The number of anilines is 1. The first kappa shape index (κ1) is 17.7. The molecule has 138 valence electrons. The minimum Gasteiger partial charge on any atom is -0.277 e. The zero-order valence-corrected chi connectivity index (χ0v) is 17.2.